The molecule has 1 N–H and O–H groups in total. The fourth-order valence-corrected chi connectivity index (χ4v) is 2.19. The van der Waals surface area contributed by atoms with Crippen LogP contribution in [-0.2, 0) is 9.47 Å². The molecule has 6 nitrogen and oxygen atoms in total. The second kappa shape index (κ2) is 4.03. The second-order valence-corrected chi connectivity index (χ2v) is 4.49. The van der Waals surface area contributed by atoms with Gasteiger partial charge in [0.05, 0.1) is 32.5 Å². The quantitative estimate of drug-likeness (QED) is 0.512. The normalized spacial score (nSPS) is 34.5. The fraction of sp³-hybridized carbons (Fsp3) is 1.00. The first kappa shape index (κ1) is 10.8. The molecule has 15 heavy (non-hydrogen) atoms. The van der Waals surface area contributed by atoms with Crippen LogP contribution in [0.1, 0.15) is 12.8 Å². The SMILES string of the molecule is O=[N+]([O-])[C@@H]1C[C@@H](CO)OCC2(COC2)C1. The number of nitrogens with zero attached hydrogens (tertiary/aromatic N) is 1. The van der Waals surface area contributed by atoms with E-state index in [4.69, 9.17) is 14.6 Å². The monoisotopic (exact) mass is 217 g/mol. The van der Waals surface area contributed by atoms with E-state index in [1.54, 1.807) is 0 Å². The van der Waals surface area contributed by atoms with Gasteiger partial charge in [0, 0.05) is 23.2 Å². The molecule has 2 heterocycles. The molecule has 2 fully saturated rings. The summed E-state index contributed by atoms with van der Waals surface area (Å²) >= 11 is 0. The summed E-state index contributed by atoms with van der Waals surface area (Å²) < 4.78 is 10.6. The van der Waals surface area contributed by atoms with E-state index >= 15 is 0 Å². The summed E-state index contributed by atoms with van der Waals surface area (Å²) in [6.07, 6.45) is 0.391. The van der Waals surface area contributed by atoms with E-state index in [2.05, 4.69) is 0 Å². The molecule has 2 atom stereocenters. The van der Waals surface area contributed by atoms with Crippen LogP contribution in [0.3, 0.4) is 0 Å². The molecule has 0 aromatic rings. The van der Waals surface area contributed by atoms with Crippen LogP contribution in [0.25, 0.3) is 0 Å². The van der Waals surface area contributed by atoms with Crippen molar-refractivity contribution in [3.63, 3.8) is 0 Å². The minimum atomic E-state index is -0.617. The molecule has 1 spiro atoms. The summed E-state index contributed by atoms with van der Waals surface area (Å²) in [5.41, 5.74) is -0.179. The van der Waals surface area contributed by atoms with Crippen molar-refractivity contribution in [3.05, 3.63) is 10.1 Å². The number of rotatable bonds is 2. The first-order valence-electron chi connectivity index (χ1n) is 5.09. The van der Waals surface area contributed by atoms with Gasteiger partial charge in [-0.05, 0) is 0 Å². The lowest BCUT2D eigenvalue weighted by molar-refractivity contribution is -0.528. The summed E-state index contributed by atoms with van der Waals surface area (Å²) in [6, 6.07) is -0.617. The Labute approximate surface area is 87.3 Å². The van der Waals surface area contributed by atoms with Crippen molar-refractivity contribution >= 4 is 0 Å². The Morgan fingerprint density at radius 1 is 1.47 bits per heavy atom. The third kappa shape index (κ3) is 2.11. The summed E-state index contributed by atoms with van der Waals surface area (Å²) in [7, 11) is 0. The minimum Gasteiger partial charge on any atom is -0.394 e. The highest BCUT2D eigenvalue weighted by Crippen LogP contribution is 2.37. The highest BCUT2D eigenvalue weighted by atomic mass is 16.6. The van der Waals surface area contributed by atoms with Crippen molar-refractivity contribution in [2.45, 2.75) is 25.0 Å². The summed E-state index contributed by atoms with van der Waals surface area (Å²) in [4.78, 5) is 10.6. The lowest BCUT2D eigenvalue weighted by Crippen LogP contribution is -2.48. The van der Waals surface area contributed by atoms with Crippen molar-refractivity contribution in [3.8, 4) is 0 Å². The third-order valence-corrected chi connectivity index (χ3v) is 3.15. The average molecular weight is 217 g/mol. The van der Waals surface area contributed by atoms with Gasteiger partial charge in [0.1, 0.15) is 0 Å². The highest BCUT2D eigenvalue weighted by molar-refractivity contribution is 4.91. The van der Waals surface area contributed by atoms with E-state index in [1.165, 1.54) is 0 Å². The number of hydrogen-bond acceptors (Lipinski definition) is 5. The maximum Gasteiger partial charge on any atom is 0.216 e. The standard InChI is InChI=1S/C9H15NO5/c11-3-8-1-7(10(12)13)2-9(6-15-8)4-14-5-9/h7-8,11H,1-6H2/t7-,8+/m1/s1. The van der Waals surface area contributed by atoms with Gasteiger partial charge in [-0.1, -0.05) is 0 Å². The van der Waals surface area contributed by atoms with E-state index in [9.17, 15) is 10.1 Å². The van der Waals surface area contributed by atoms with Crippen LogP contribution >= 0.6 is 0 Å². The molecule has 2 saturated heterocycles. The summed E-state index contributed by atoms with van der Waals surface area (Å²) in [5.74, 6) is 0. The molecule has 0 amide bonds. The van der Waals surface area contributed by atoms with Crippen LogP contribution < -0.4 is 0 Å². The van der Waals surface area contributed by atoms with Gasteiger partial charge in [0.15, 0.2) is 0 Å². The number of nitro groups is 1. The number of aliphatic hydroxyl groups excluding tert-OH is 1. The van der Waals surface area contributed by atoms with E-state index in [0.29, 0.717) is 32.7 Å². The first-order chi connectivity index (χ1) is 7.15. The Morgan fingerprint density at radius 2 is 2.20 bits per heavy atom. The van der Waals surface area contributed by atoms with Crippen LogP contribution in [0.15, 0.2) is 0 Å². The zero-order valence-electron chi connectivity index (χ0n) is 8.42. The van der Waals surface area contributed by atoms with Crippen molar-refractivity contribution in [2.24, 2.45) is 5.41 Å². The molecule has 2 rings (SSSR count). The molecular formula is C9H15NO5. The molecule has 0 radical (unpaired) electrons. The first-order valence-corrected chi connectivity index (χ1v) is 5.09. The van der Waals surface area contributed by atoms with Gasteiger partial charge in [0.2, 0.25) is 6.04 Å². The Morgan fingerprint density at radius 3 is 2.67 bits per heavy atom. The highest BCUT2D eigenvalue weighted by Gasteiger charge is 2.47. The molecular weight excluding hydrogens is 202 g/mol. The Kier molecular flexibility index (Phi) is 2.90. The smallest absolute Gasteiger partial charge is 0.216 e. The van der Waals surface area contributed by atoms with Gasteiger partial charge in [-0.2, -0.15) is 0 Å². The molecule has 6 heteroatoms. The predicted octanol–water partition coefficient (Wildman–Crippen LogP) is -0.180. The Balaban J connectivity index is 2.06. The zero-order valence-corrected chi connectivity index (χ0v) is 8.42. The molecule has 2 aliphatic heterocycles. The Hall–Kier alpha value is -0.720. The van der Waals surface area contributed by atoms with Gasteiger partial charge in [0.25, 0.3) is 0 Å². The van der Waals surface area contributed by atoms with E-state index in [0.717, 1.165) is 0 Å². The van der Waals surface area contributed by atoms with Gasteiger partial charge >= 0.3 is 0 Å². The van der Waals surface area contributed by atoms with Gasteiger partial charge in [-0.15, -0.1) is 0 Å². The molecule has 0 aromatic heterocycles. The average Bonchev–Trinajstić information content (AvgIpc) is 2.35. The maximum absolute atomic E-state index is 10.8. The summed E-state index contributed by atoms with van der Waals surface area (Å²) in [6.45, 7) is 1.38. The van der Waals surface area contributed by atoms with Crippen molar-refractivity contribution < 1.29 is 19.5 Å². The van der Waals surface area contributed by atoms with E-state index in [-0.39, 0.29) is 16.9 Å². The molecule has 86 valence electrons. The lowest BCUT2D eigenvalue weighted by atomic mass is 9.80. The number of hydrogen-bond donors (Lipinski definition) is 1. The Bertz CT molecular complexity index is 253. The topological polar surface area (TPSA) is 81.8 Å². The predicted molar refractivity (Wildman–Crippen MR) is 50.1 cm³/mol. The van der Waals surface area contributed by atoms with E-state index in [1.807, 2.05) is 0 Å². The van der Waals surface area contributed by atoms with Crippen molar-refractivity contribution in [1.82, 2.24) is 0 Å². The number of aliphatic hydroxyl groups is 1. The molecule has 0 saturated carbocycles. The molecule has 0 aromatic carbocycles. The molecule has 0 bridgehead atoms. The second-order valence-electron chi connectivity index (χ2n) is 4.49. The molecule has 0 aliphatic carbocycles. The summed E-state index contributed by atoms with van der Waals surface area (Å²) in [5, 5.41) is 19.8. The van der Waals surface area contributed by atoms with Gasteiger partial charge in [-0.3, -0.25) is 10.1 Å². The van der Waals surface area contributed by atoms with Crippen molar-refractivity contribution in [2.75, 3.05) is 26.4 Å². The lowest BCUT2D eigenvalue weighted by Gasteiger charge is -2.40. The van der Waals surface area contributed by atoms with Crippen LogP contribution in [-0.4, -0.2) is 48.6 Å². The van der Waals surface area contributed by atoms with Crippen LogP contribution in [0.4, 0.5) is 0 Å². The van der Waals surface area contributed by atoms with E-state index < -0.39 is 12.1 Å². The zero-order chi connectivity index (χ0) is 10.9. The van der Waals surface area contributed by atoms with Gasteiger partial charge < -0.3 is 14.6 Å². The third-order valence-electron chi connectivity index (χ3n) is 3.15. The fourth-order valence-electron chi connectivity index (χ4n) is 2.19. The van der Waals surface area contributed by atoms with Crippen molar-refractivity contribution in [1.29, 1.82) is 0 Å². The molecule has 2 aliphatic rings. The van der Waals surface area contributed by atoms with Crippen LogP contribution in [0.2, 0.25) is 0 Å². The van der Waals surface area contributed by atoms with Crippen LogP contribution in [0, 0.1) is 15.5 Å². The minimum absolute atomic E-state index is 0.152. The number of ether oxygens (including phenoxy) is 2. The largest absolute Gasteiger partial charge is 0.394 e. The van der Waals surface area contributed by atoms with Gasteiger partial charge in [-0.25, -0.2) is 0 Å². The maximum atomic E-state index is 10.8. The van der Waals surface area contributed by atoms with Crippen LogP contribution in [0.5, 0.6) is 0 Å². The molecule has 0 unspecified atom stereocenters.